The van der Waals surface area contributed by atoms with Crippen molar-refractivity contribution in [3.8, 4) is 0 Å². The highest BCUT2D eigenvalue weighted by molar-refractivity contribution is 5.16. The van der Waals surface area contributed by atoms with E-state index in [0.717, 1.165) is 6.07 Å². The Morgan fingerprint density at radius 2 is 1.94 bits per heavy atom. The Morgan fingerprint density at radius 3 is 2.44 bits per heavy atom. The standard InChI is InChI=1S/C11H15F3N2/c1-7(2)6-8(15)9-4-3-5-10(16-9)11(12,13)14/h3-5,7-8H,6,15H2,1-2H3. The lowest BCUT2D eigenvalue weighted by molar-refractivity contribution is -0.141. The smallest absolute Gasteiger partial charge is 0.323 e. The number of aromatic nitrogens is 1. The third-order valence-corrected chi connectivity index (χ3v) is 2.17. The largest absolute Gasteiger partial charge is 0.433 e. The number of halogens is 3. The second-order valence-electron chi connectivity index (χ2n) is 4.18. The molecule has 0 spiro atoms. The molecule has 0 radical (unpaired) electrons. The Kier molecular flexibility index (Phi) is 3.91. The van der Waals surface area contributed by atoms with Gasteiger partial charge in [-0.3, -0.25) is 0 Å². The van der Waals surface area contributed by atoms with Gasteiger partial charge in [0.15, 0.2) is 0 Å². The lowest BCUT2D eigenvalue weighted by Crippen LogP contribution is -2.17. The summed E-state index contributed by atoms with van der Waals surface area (Å²) in [5.41, 5.74) is 5.19. The van der Waals surface area contributed by atoms with Crippen molar-refractivity contribution in [2.75, 3.05) is 0 Å². The van der Waals surface area contributed by atoms with Crippen LogP contribution in [-0.4, -0.2) is 4.98 Å². The molecule has 0 saturated heterocycles. The molecule has 0 aliphatic heterocycles. The third-order valence-electron chi connectivity index (χ3n) is 2.17. The molecular formula is C11H15F3N2. The maximum Gasteiger partial charge on any atom is 0.433 e. The summed E-state index contributed by atoms with van der Waals surface area (Å²) in [6.45, 7) is 3.93. The first-order valence-corrected chi connectivity index (χ1v) is 5.10. The quantitative estimate of drug-likeness (QED) is 0.869. The highest BCUT2D eigenvalue weighted by Crippen LogP contribution is 2.28. The second-order valence-corrected chi connectivity index (χ2v) is 4.18. The summed E-state index contributed by atoms with van der Waals surface area (Å²) in [7, 11) is 0. The molecule has 1 rings (SSSR count). The monoisotopic (exact) mass is 232 g/mol. The van der Waals surface area contributed by atoms with Crippen LogP contribution in [0.1, 0.15) is 37.7 Å². The molecule has 1 heterocycles. The summed E-state index contributed by atoms with van der Waals surface area (Å²) in [5.74, 6) is 0.325. The van der Waals surface area contributed by atoms with Crippen LogP contribution in [0.5, 0.6) is 0 Å². The maximum atomic E-state index is 12.4. The minimum atomic E-state index is -4.41. The van der Waals surface area contributed by atoms with Gasteiger partial charge in [0.05, 0.1) is 5.69 Å². The van der Waals surface area contributed by atoms with Crippen LogP contribution in [0.3, 0.4) is 0 Å². The molecule has 0 fully saturated rings. The average molecular weight is 232 g/mol. The first kappa shape index (κ1) is 13.0. The van der Waals surface area contributed by atoms with Crippen LogP contribution in [0.2, 0.25) is 0 Å². The number of hydrogen-bond acceptors (Lipinski definition) is 2. The topological polar surface area (TPSA) is 38.9 Å². The van der Waals surface area contributed by atoms with Crippen LogP contribution >= 0.6 is 0 Å². The van der Waals surface area contributed by atoms with Gasteiger partial charge in [-0.05, 0) is 24.5 Å². The van der Waals surface area contributed by atoms with Crippen molar-refractivity contribution >= 4 is 0 Å². The van der Waals surface area contributed by atoms with Gasteiger partial charge in [-0.15, -0.1) is 0 Å². The van der Waals surface area contributed by atoms with Gasteiger partial charge >= 0.3 is 6.18 Å². The van der Waals surface area contributed by atoms with E-state index in [4.69, 9.17) is 5.73 Å². The molecule has 1 aromatic rings. The molecule has 2 N–H and O–H groups in total. The van der Waals surface area contributed by atoms with E-state index in [1.54, 1.807) is 0 Å². The van der Waals surface area contributed by atoms with Gasteiger partial charge in [0.25, 0.3) is 0 Å². The Morgan fingerprint density at radius 1 is 1.31 bits per heavy atom. The van der Waals surface area contributed by atoms with Crippen LogP contribution in [0.25, 0.3) is 0 Å². The summed E-state index contributed by atoms with van der Waals surface area (Å²) in [6.07, 6.45) is -3.79. The highest BCUT2D eigenvalue weighted by Gasteiger charge is 2.32. The number of nitrogens with zero attached hydrogens (tertiary/aromatic N) is 1. The second kappa shape index (κ2) is 4.82. The van der Waals surface area contributed by atoms with Gasteiger partial charge in [0, 0.05) is 6.04 Å². The number of alkyl halides is 3. The average Bonchev–Trinajstić information content (AvgIpc) is 2.15. The predicted octanol–water partition coefficient (Wildman–Crippen LogP) is 3.15. The van der Waals surface area contributed by atoms with Crippen molar-refractivity contribution < 1.29 is 13.2 Å². The summed E-state index contributed by atoms with van der Waals surface area (Å²) in [6, 6.07) is 3.38. The molecule has 0 aliphatic carbocycles. The summed E-state index contributed by atoms with van der Waals surface area (Å²) >= 11 is 0. The third kappa shape index (κ3) is 3.48. The van der Waals surface area contributed by atoms with Gasteiger partial charge in [0.2, 0.25) is 0 Å². The lowest BCUT2D eigenvalue weighted by Gasteiger charge is -2.15. The van der Waals surface area contributed by atoms with E-state index >= 15 is 0 Å². The van der Waals surface area contributed by atoms with E-state index < -0.39 is 17.9 Å². The van der Waals surface area contributed by atoms with E-state index in [0.29, 0.717) is 18.0 Å². The van der Waals surface area contributed by atoms with E-state index in [1.165, 1.54) is 12.1 Å². The Labute approximate surface area is 92.7 Å². The van der Waals surface area contributed by atoms with E-state index in [1.807, 2.05) is 13.8 Å². The molecule has 1 unspecified atom stereocenters. The van der Waals surface area contributed by atoms with E-state index in [-0.39, 0.29) is 0 Å². The first-order valence-electron chi connectivity index (χ1n) is 5.10. The molecule has 0 aromatic carbocycles. The summed E-state index contributed by atoms with van der Waals surface area (Å²) < 4.78 is 37.2. The Hall–Kier alpha value is -1.10. The fourth-order valence-corrected chi connectivity index (χ4v) is 1.44. The van der Waals surface area contributed by atoms with Crippen molar-refractivity contribution in [2.24, 2.45) is 11.7 Å². The zero-order valence-electron chi connectivity index (χ0n) is 9.25. The fraction of sp³-hybridized carbons (Fsp3) is 0.545. The van der Waals surface area contributed by atoms with Gasteiger partial charge in [-0.2, -0.15) is 13.2 Å². The summed E-state index contributed by atoms with van der Waals surface area (Å²) in [4.78, 5) is 3.55. The molecule has 1 aromatic heterocycles. The molecule has 90 valence electrons. The van der Waals surface area contributed by atoms with Crippen molar-refractivity contribution in [1.29, 1.82) is 0 Å². The number of nitrogens with two attached hydrogens (primary N) is 1. The fourth-order valence-electron chi connectivity index (χ4n) is 1.44. The SMILES string of the molecule is CC(C)CC(N)c1cccc(C(F)(F)F)n1. The van der Waals surface area contributed by atoms with Crippen molar-refractivity contribution in [1.82, 2.24) is 4.98 Å². The van der Waals surface area contributed by atoms with Crippen LogP contribution in [0.4, 0.5) is 13.2 Å². The number of rotatable bonds is 3. The maximum absolute atomic E-state index is 12.4. The molecule has 5 heteroatoms. The Balaban J connectivity index is 2.90. The van der Waals surface area contributed by atoms with Crippen LogP contribution < -0.4 is 5.73 Å². The molecule has 2 nitrogen and oxygen atoms in total. The van der Waals surface area contributed by atoms with Crippen LogP contribution in [-0.2, 0) is 6.18 Å². The molecule has 0 aliphatic rings. The molecule has 0 bridgehead atoms. The van der Waals surface area contributed by atoms with Crippen LogP contribution in [0.15, 0.2) is 18.2 Å². The summed E-state index contributed by atoms with van der Waals surface area (Å²) in [5, 5.41) is 0. The minimum absolute atomic E-state index is 0.295. The minimum Gasteiger partial charge on any atom is -0.323 e. The lowest BCUT2D eigenvalue weighted by atomic mass is 10.0. The van der Waals surface area contributed by atoms with Gasteiger partial charge < -0.3 is 5.73 Å². The van der Waals surface area contributed by atoms with E-state index in [2.05, 4.69) is 4.98 Å². The van der Waals surface area contributed by atoms with Crippen molar-refractivity contribution in [2.45, 2.75) is 32.5 Å². The van der Waals surface area contributed by atoms with Crippen molar-refractivity contribution in [3.63, 3.8) is 0 Å². The predicted molar refractivity (Wildman–Crippen MR) is 55.6 cm³/mol. The number of pyridine rings is 1. The van der Waals surface area contributed by atoms with Gasteiger partial charge in [0.1, 0.15) is 5.69 Å². The highest BCUT2D eigenvalue weighted by atomic mass is 19.4. The van der Waals surface area contributed by atoms with Crippen molar-refractivity contribution in [3.05, 3.63) is 29.6 Å². The molecule has 0 amide bonds. The molecule has 16 heavy (non-hydrogen) atoms. The molecular weight excluding hydrogens is 217 g/mol. The van der Waals surface area contributed by atoms with Crippen LogP contribution in [0, 0.1) is 5.92 Å². The van der Waals surface area contributed by atoms with Gasteiger partial charge in [-0.25, -0.2) is 4.98 Å². The van der Waals surface area contributed by atoms with E-state index in [9.17, 15) is 13.2 Å². The molecule has 0 saturated carbocycles. The normalized spacial score (nSPS) is 14.2. The molecule has 1 atom stereocenters. The zero-order valence-corrected chi connectivity index (χ0v) is 9.25. The zero-order chi connectivity index (χ0) is 12.3. The number of hydrogen-bond donors (Lipinski definition) is 1. The first-order chi connectivity index (χ1) is 7.30. The Bertz CT molecular complexity index is 347. The van der Waals surface area contributed by atoms with Gasteiger partial charge in [-0.1, -0.05) is 19.9 Å².